The third kappa shape index (κ3) is 4.70. The van der Waals surface area contributed by atoms with Crippen molar-refractivity contribution >= 4 is 34.5 Å². The number of phenols is 1. The largest absolute Gasteiger partial charge is 0.507 e. The van der Waals surface area contributed by atoms with Crippen LogP contribution < -0.4 is 0 Å². The van der Waals surface area contributed by atoms with Gasteiger partial charge in [0.15, 0.2) is 0 Å². The topological polar surface area (TPSA) is 77.8 Å². The van der Waals surface area contributed by atoms with Crippen LogP contribution in [0.5, 0.6) is 5.75 Å². The van der Waals surface area contributed by atoms with Gasteiger partial charge in [0.1, 0.15) is 12.3 Å². The second kappa shape index (κ2) is 6.74. The van der Waals surface area contributed by atoms with Gasteiger partial charge >= 0.3 is 5.97 Å². The van der Waals surface area contributed by atoms with Crippen LogP contribution in [0.2, 0.25) is 0 Å². The van der Waals surface area contributed by atoms with Crippen molar-refractivity contribution < 1.29 is 19.8 Å². The lowest BCUT2D eigenvalue weighted by Gasteiger charge is -2.22. The van der Waals surface area contributed by atoms with E-state index in [-0.39, 0.29) is 24.1 Å². The SMILES string of the molecule is CC(C)CN(CC(=O)O)C(=O)c1ccc(I)c(O)c1. The van der Waals surface area contributed by atoms with Crippen LogP contribution in [0.1, 0.15) is 24.2 Å². The Balaban J connectivity index is 2.97. The molecule has 104 valence electrons. The van der Waals surface area contributed by atoms with Crippen LogP contribution in [0.25, 0.3) is 0 Å². The summed E-state index contributed by atoms with van der Waals surface area (Å²) in [6.45, 7) is 3.84. The molecule has 1 aromatic carbocycles. The maximum absolute atomic E-state index is 12.2. The Morgan fingerprint density at radius 3 is 2.47 bits per heavy atom. The van der Waals surface area contributed by atoms with Crippen molar-refractivity contribution in [2.75, 3.05) is 13.1 Å². The van der Waals surface area contributed by atoms with Crippen LogP contribution in [-0.2, 0) is 4.79 Å². The zero-order valence-corrected chi connectivity index (χ0v) is 12.9. The van der Waals surface area contributed by atoms with Crippen LogP contribution in [-0.4, -0.2) is 40.1 Å². The van der Waals surface area contributed by atoms with Gasteiger partial charge in [-0.25, -0.2) is 0 Å². The number of nitrogens with zero attached hydrogens (tertiary/aromatic N) is 1. The predicted molar refractivity (Wildman–Crippen MR) is 79.2 cm³/mol. The smallest absolute Gasteiger partial charge is 0.323 e. The van der Waals surface area contributed by atoms with E-state index in [1.807, 2.05) is 36.4 Å². The highest BCUT2D eigenvalue weighted by molar-refractivity contribution is 14.1. The molecule has 0 aliphatic heterocycles. The van der Waals surface area contributed by atoms with Crippen LogP contribution >= 0.6 is 22.6 Å². The molecular weight excluding hydrogens is 361 g/mol. The van der Waals surface area contributed by atoms with Gasteiger partial charge in [0.25, 0.3) is 5.91 Å². The highest BCUT2D eigenvalue weighted by Gasteiger charge is 2.20. The molecule has 6 heteroatoms. The van der Waals surface area contributed by atoms with Crippen molar-refractivity contribution in [3.63, 3.8) is 0 Å². The first kappa shape index (κ1) is 15.7. The summed E-state index contributed by atoms with van der Waals surface area (Å²) in [5.41, 5.74) is 0.291. The molecule has 1 rings (SSSR count). The van der Waals surface area contributed by atoms with Crippen molar-refractivity contribution in [3.05, 3.63) is 27.3 Å². The zero-order valence-electron chi connectivity index (χ0n) is 10.8. The maximum Gasteiger partial charge on any atom is 0.323 e. The van der Waals surface area contributed by atoms with Gasteiger partial charge in [-0.1, -0.05) is 13.8 Å². The van der Waals surface area contributed by atoms with Gasteiger partial charge in [-0.15, -0.1) is 0 Å². The number of rotatable bonds is 5. The van der Waals surface area contributed by atoms with E-state index in [0.29, 0.717) is 15.7 Å². The molecule has 0 heterocycles. The molecule has 1 amide bonds. The summed E-state index contributed by atoms with van der Waals surface area (Å²) in [5, 5.41) is 18.4. The molecule has 0 saturated carbocycles. The molecule has 2 N–H and O–H groups in total. The van der Waals surface area contributed by atoms with E-state index in [1.165, 1.54) is 11.0 Å². The van der Waals surface area contributed by atoms with Crippen molar-refractivity contribution in [2.45, 2.75) is 13.8 Å². The first-order valence-electron chi connectivity index (χ1n) is 5.81. The number of amides is 1. The lowest BCUT2D eigenvalue weighted by Crippen LogP contribution is -2.38. The average Bonchev–Trinajstić information content (AvgIpc) is 2.29. The molecule has 0 fully saturated rings. The number of carboxylic acids is 1. The second-order valence-corrected chi connectivity index (χ2v) is 5.80. The van der Waals surface area contributed by atoms with Crippen molar-refractivity contribution in [1.29, 1.82) is 0 Å². The molecule has 0 spiro atoms. The molecule has 0 atom stereocenters. The number of aromatic hydroxyl groups is 1. The number of aliphatic carboxylic acids is 1. The van der Waals surface area contributed by atoms with Gasteiger partial charge in [0, 0.05) is 12.1 Å². The fourth-order valence-corrected chi connectivity index (χ4v) is 1.99. The van der Waals surface area contributed by atoms with E-state index < -0.39 is 5.97 Å². The summed E-state index contributed by atoms with van der Waals surface area (Å²) in [6, 6.07) is 4.57. The summed E-state index contributed by atoms with van der Waals surface area (Å²) < 4.78 is 0.641. The van der Waals surface area contributed by atoms with Crippen molar-refractivity contribution in [3.8, 4) is 5.75 Å². The Morgan fingerprint density at radius 1 is 1.37 bits per heavy atom. The number of carbonyl (C=O) groups excluding carboxylic acids is 1. The Kier molecular flexibility index (Phi) is 5.59. The van der Waals surface area contributed by atoms with Crippen LogP contribution in [0.3, 0.4) is 0 Å². The molecular formula is C13H16INO4. The van der Waals surface area contributed by atoms with E-state index >= 15 is 0 Å². The lowest BCUT2D eigenvalue weighted by atomic mass is 10.1. The molecule has 0 aromatic heterocycles. The first-order chi connectivity index (χ1) is 8.81. The Labute approximate surface area is 125 Å². The van der Waals surface area contributed by atoms with E-state index in [1.54, 1.807) is 12.1 Å². The monoisotopic (exact) mass is 377 g/mol. The Hall–Kier alpha value is -1.31. The zero-order chi connectivity index (χ0) is 14.6. The van der Waals surface area contributed by atoms with Crippen LogP contribution in [0.15, 0.2) is 18.2 Å². The highest BCUT2D eigenvalue weighted by atomic mass is 127. The fraction of sp³-hybridized carbons (Fsp3) is 0.385. The van der Waals surface area contributed by atoms with Crippen LogP contribution in [0.4, 0.5) is 0 Å². The summed E-state index contributed by atoms with van der Waals surface area (Å²) >= 11 is 1.95. The number of halogens is 1. The van der Waals surface area contributed by atoms with E-state index in [4.69, 9.17) is 5.11 Å². The predicted octanol–water partition coefficient (Wildman–Crippen LogP) is 2.18. The summed E-state index contributed by atoms with van der Waals surface area (Å²) in [5.74, 6) is -1.25. The number of hydrogen-bond donors (Lipinski definition) is 2. The highest BCUT2D eigenvalue weighted by Crippen LogP contribution is 2.21. The minimum Gasteiger partial charge on any atom is -0.507 e. The fourth-order valence-electron chi connectivity index (χ4n) is 1.65. The molecule has 0 aliphatic rings. The Bertz CT molecular complexity index is 488. The van der Waals surface area contributed by atoms with Crippen molar-refractivity contribution in [2.24, 2.45) is 5.92 Å². The van der Waals surface area contributed by atoms with Crippen LogP contribution in [0, 0.1) is 9.49 Å². The van der Waals surface area contributed by atoms with Gasteiger partial charge in [-0.05, 0) is 46.7 Å². The molecule has 1 aromatic rings. The second-order valence-electron chi connectivity index (χ2n) is 4.64. The lowest BCUT2D eigenvalue weighted by molar-refractivity contribution is -0.137. The molecule has 19 heavy (non-hydrogen) atoms. The summed E-state index contributed by atoms with van der Waals surface area (Å²) in [4.78, 5) is 24.3. The maximum atomic E-state index is 12.2. The summed E-state index contributed by atoms with van der Waals surface area (Å²) in [6.07, 6.45) is 0. The summed E-state index contributed by atoms with van der Waals surface area (Å²) in [7, 11) is 0. The van der Waals surface area contributed by atoms with Crippen molar-refractivity contribution in [1.82, 2.24) is 4.90 Å². The number of benzene rings is 1. The number of phenolic OH excluding ortho intramolecular Hbond substituents is 1. The number of carboxylic acid groups (broad SMARTS) is 1. The van der Waals surface area contributed by atoms with E-state index in [9.17, 15) is 14.7 Å². The van der Waals surface area contributed by atoms with Gasteiger partial charge < -0.3 is 15.1 Å². The minimum atomic E-state index is -1.05. The molecule has 0 bridgehead atoms. The van der Waals surface area contributed by atoms with Gasteiger partial charge in [0.05, 0.1) is 3.57 Å². The van der Waals surface area contributed by atoms with Gasteiger partial charge in [-0.3, -0.25) is 9.59 Å². The molecule has 0 unspecified atom stereocenters. The number of hydrogen-bond acceptors (Lipinski definition) is 3. The first-order valence-corrected chi connectivity index (χ1v) is 6.88. The minimum absolute atomic E-state index is 0.0197. The van der Waals surface area contributed by atoms with E-state index in [2.05, 4.69) is 0 Å². The third-order valence-corrected chi connectivity index (χ3v) is 3.30. The third-order valence-electron chi connectivity index (χ3n) is 2.39. The van der Waals surface area contributed by atoms with E-state index in [0.717, 1.165) is 0 Å². The molecule has 0 saturated heterocycles. The Morgan fingerprint density at radius 2 is 2.00 bits per heavy atom. The molecule has 5 nitrogen and oxygen atoms in total. The van der Waals surface area contributed by atoms with Gasteiger partial charge in [0.2, 0.25) is 0 Å². The standard InChI is InChI=1S/C13H16INO4/c1-8(2)6-15(7-12(17)18)13(19)9-3-4-10(14)11(16)5-9/h3-5,8,16H,6-7H2,1-2H3,(H,17,18). The molecule has 0 aliphatic carbocycles. The number of carbonyl (C=O) groups is 2. The average molecular weight is 377 g/mol. The quantitative estimate of drug-likeness (QED) is 0.772. The normalized spacial score (nSPS) is 10.5. The molecule has 0 radical (unpaired) electrons. The van der Waals surface area contributed by atoms with Gasteiger partial charge in [-0.2, -0.15) is 0 Å².